The van der Waals surface area contributed by atoms with Crippen LogP contribution in [-0.4, -0.2) is 55.6 Å². The van der Waals surface area contributed by atoms with Crippen molar-refractivity contribution in [3.63, 3.8) is 0 Å². The molecule has 4 aromatic rings. The van der Waals surface area contributed by atoms with Crippen LogP contribution in [0, 0.1) is 5.92 Å². The summed E-state index contributed by atoms with van der Waals surface area (Å²) in [5.41, 5.74) is 3.89. The Kier molecular flexibility index (Phi) is 6.83. The number of nitrogens with one attached hydrogen (secondary N) is 2. The van der Waals surface area contributed by atoms with Gasteiger partial charge in [0.05, 0.1) is 34.0 Å². The van der Waals surface area contributed by atoms with Crippen LogP contribution in [0.5, 0.6) is 0 Å². The predicted octanol–water partition coefficient (Wildman–Crippen LogP) is 5.58. The Labute approximate surface area is 206 Å². The van der Waals surface area contributed by atoms with Gasteiger partial charge in [0.1, 0.15) is 5.82 Å². The maximum atomic E-state index is 10.6. The van der Waals surface area contributed by atoms with Crippen LogP contribution in [0.2, 0.25) is 0 Å². The molecule has 0 saturated carbocycles. The monoisotopic (exact) mass is 490 g/mol. The standard InChI is InChI=1S/C26H30N6O2S/c1-32-11-9-19(10-12-32)15-29-26-18-28-24-8-7-20(14-25(24)30-26)21-13-22(17-27-16-21)31-35(33,34)23-5-3-2-4-6-23/h2-8,13-14,16-19,31,33-34H,9-12,15H2,1H3,(H,29,30). The molecule has 3 heterocycles. The highest BCUT2D eigenvalue weighted by atomic mass is 32.3. The molecule has 5 rings (SSSR count). The van der Waals surface area contributed by atoms with Gasteiger partial charge in [0.2, 0.25) is 0 Å². The molecule has 182 valence electrons. The quantitative estimate of drug-likeness (QED) is 0.266. The number of hydrogen-bond donors (Lipinski definition) is 4. The highest BCUT2D eigenvalue weighted by molar-refractivity contribution is 8.25. The second-order valence-corrected chi connectivity index (χ2v) is 10.8. The number of likely N-dealkylation sites (tertiary alicyclic amines) is 1. The van der Waals surface area contributed by atoms with Gasteiger partial charge < -0.3 is 10.2 Å². The van der Waals surface area contributed by atoms with E-state index in [4.69, 9.17) is 4.98 Å². The normalized spacial score (nSPS) is 15.7. The van der Waals surface area contributed by atoms with Crippen LogP contribution in [0.15, 0.2) is 78.1 Å². The van der Waals surface area contributed by atoms with Crippen molar-refractivity contribution in [1.82, 2.24) is 19.9 Å². The zero-order chi connectivity index (χ0) is 24.3. The van der Waals surface area contributed by atoms with Crippen molar-refractivity contribution in [3.8, 4) is 11.1 Å². The lowest BCUT2D eigenvalue weighted by atomic mass is 9.97. The van der Waals surface area contributed by atoms with Crippen LogP contribution in [-0.2, 0) is 0 Å². The summed E-state index contributed by atoms with van der Waals surface area (Å²) in [5.74, 6) is 1.43. The SMILES string of the molecule is CN1CCC(CNc2cnc3ccc(-c4cncc(NS(O)(O)c5ccccc5)c4)cc3n2)CC1. The minimum atomic E-state index is -3.19. The van der Waals surface area contributed by atoms with Crippen molar-refractivity contribution in [3.05, 3.63) is 73.2 Å². The van der Waals surface area contributed by atoms with E-state index in [0.29, 0.717) is 16.5 Å². The first-order valence-corrected chi connectivity index (χ1v) is 13.3. The van der Waals surface area contributed by atoms with Crippen LogP contribution in [0.4, 0.5) is 11.5 Å². The average molecular weight is 491 g/mol. The lowest BCUT2D eigenvalue weighted by molar-refractivity contribution is 0.226. The molecule has 1 fully saturated rings. The average Bonchev–Trinajstić information content (AvgIpc) is 2.88. The molecule has 0 bridgehead atoms. The molecular weight excluding hydrogens is 460 g/mol. The number of piperidine rings is 1. The fourth-order valence-corrected chi connectivity index (χ4v) is 5.37. The van der Waals surface area contributed by atoms with Crippen LogP contribution in [0.1, 0.15) is 12.8 Å². The Morgan fingerprint density at radius 2 is 1.74 bits per heavy atom. The molecule has 0 atom stereocenters. The molecule has 1 aliphatic heterocycles. The van der Waals surface area contributed by atoms with Gasteiger partial charge in [-0.25, -0.2) is 4.98 Å². The minimum Gasteiger partial charge on any atom is -0.368 e. The second-order valence-electron chi connectivity index (χ2n) is 9.01. The topological polar surface area (TPSA) is 106 Å². The van der Waals surface area contributed by atoms with Gasteiger partial charge in [0.15, 0.2) is 0 Å². The molecular formula is C26H30N6O2S. The number of fused-ring (bicyclic) bond motifs is 1. The Morgan fingerprint density at radius 1 is 0.943 bits per heavy atom. The van der Waals surface area contributed by atoms with E-state index >= 15 is 0 Å². The molecule has 8 nitrogen and oxygen atoms in total. The summed E-state index contributed by atoms with van der Waals surface area (Å²) in [6.45, 7) is 3.18. The Morgan fingerprint density at radius 3 is 2.54 bits per heavy atom. The lowest BCUT2D eigenvalue weighted by Gasteiger charge is -2.33. The highest BCUT2D eigenvalue weighted by Gasteiger charge is 2.17. The van der Waals surface area contributed by atoms with E-state index in [0.717, 1.165) is 47.6 Å². The summed E-state index contributed by atoms with van der Waals surface area (Å²) in [6.07, 6.45) is 7.50. The Hall–Kier alpha value is -3.24. The first kappa shape index (κ1) is 23.5. The summed E-state index contributed by atoms with van der Waals surface area (Å²) in [6, 6.07) is 16.5. The number of nitrogens with zero attached hydrogens (tertiary/aromatic N) is 4. The predicted molar refractivity (Wildman–Crippen MR) is 143 cm³/mol. The van der Waals surface area contributed by atoms with Gasteiger partial charge in [-0.2, -0.15) is 0 Å². The summed E-state index contributed by atoms with van der Waals surface area (Å²) in [4.78, 5) is 16.4. The summed E-state index contributed by atoms with van der Waals surface area (Å²) < 4.78 is 24.0. The van der Waals surface area contributed by atoms with Gasteiger partial charge in [-0.05, 0) is 74.8 Å². The van der Waals surface area contributed by atoms with E-state index in [2.05, 4.69) is 32.0 Å². The van der Waals surface area contributed by atoms with E-state index < -0.39 is 10.8 Å². The molecule has 0 unspecified atom stereocenters. The van der Waals surface area contributed by atoms with Crippen molar-refractivity contribution < 1.29 is 9.11 Å². The molecule has 0 amide bonds. The zero-order valence-corrected chi connectivity index (χ0v) is 20.4. The summed E-state index contributed by atoms with van der Waals surface area (Å²) >= 11 is 0. The molecule has 0 aliphatic carbocycles. The fourth-order valence-electron chi connectivity index (χ4n) is 4.28. The van der Waals surface area contributed by atoms with Crippen LogP contribution >= 0.6 is 10.8 Å². The third-order valence-corrected chi connectivity index (χ3v) is 7.81. The van der Waals surface area contributed by atoms with Crippen molar-refractivity contribution >= 4 is 33.3 Å². The van der Waals surface area contributed by atoms with E-state index in [-0.39, 0.29) is 0 Å². The first-order valence-electron chi connectivity index (χ1n) is 11.7. The number of benzene rings is 2. The van der Waals surface area contributed by atoms with Crippen molar-refractivity contribution in [2.24, 2.45) is 5.92 Å². The number of rotatable bonds is 7. The van der Waals surface area contributed by atoms with E-state index in [1.165, 1.54) is 12.8 Å². The number of hydrogen-bond acceptors (Lipinski definition) is 8. The van der Waals surface area contributed by atoms with Crippen molar-refractivity contribution in [1.29, 1.82) is 0 Å². The van der Waals surface area contributed by atoms with Gasteiger partial charge in [0.25, 0.3) is 0 Å². The Balaban J connectivity index is 1.33. The third kappa shape index (κ3) is 5.71. The van der Waals surface area contributed by atoms with E-state index in [1.54, 1.807) is 42.9 Å². The fraction of sp³-hybridized carbons (Fsp3) is 0.269. The first-order chi connectivity index (χ1) is 17.0. The maximum Gasteiger partial charge on any atom is 0.145 e. The molecule has 9 heteroatoms. The van der Waals surface area contributed by atoms with Gasteiger partial charge >= 0.3 is 0 Å². The minimum absolute atomic E-state index is 0.423. The molecule has 0 radical (unpaired) electrons. The molecule has 2 aromatic carbocycles. The Bertz CT molecular complexity index is 1300. The molecule has 0 spiro atoms. The molecule has 1 saturated heterocycles. The van der Waals surface area contributed by atoms with Crippen molar-refractivity contribution in [2.75, 3.05) is 36.7 Å². The highest BCUT2D eigenvalue weighted by Crippen LogP contribution is 2.47. The zero-order valence-electron chi connectivity index (χ0n) is 19.6. The second kappa shape index (κ2) is 10.2. The van der Waals surface area contributed by atoms with Crippen molar-refractivity contribution in [2.45, 2.75) is 17.7 Å². The van der Waals surface area contributed by atoms with Gasteiger partial charge in [-0.3, -0.25) is 23.8 Å². The molecule has 4 N–H and O–H groups in total. The lowest BCUT2D eigenvalue weighted by Crippen LogP contribution is -2.33. The number of anilines is 2. The van der Waals surface area contributed by atoms with Gasteiger partial charge in [-0.1, -0.05) is 35.0 Å². The van der Waals surface area contributed by atoms with E-state index in [1.807, 2.05) is 30.3 Å². The van der Waals surface area contributed by atoms with Gasteiger partial charge in [0, 0.05) is 18.3 Å². The smallest absolute Gasteiger partial charge is 0.145 e. The van der Waals surface area contributed by atoms with Crippen LogP contribution in [0.25, 0.3) is 22.2 Å². The largest absolute Gasteiger partial charge is 0.368 e. The van der Waals surface area contributed by atoms with Crippen LogP contribution < -0.4 is 10.0 Å². The summed E-state index contributed by atoms with van der Waals surface area (Å²) in [7, 11) is -1.02. The molecule has 2 aromatic heterocycles. The number of aromatic nitrogens is 3. The molecule has 1 aliphatic rings. The summed E-state index contributed by atoms with van der Waals surface area (Å²) in [5, 5.41) is 3.46. The third-order valence-electron chi connectivity index (χ3n) is 6.36. The van der Waals surface area contributed by atoms with Gasteiger partial charge in [-0.15, -0.1) is 0 Å². The molecule has 35 heavy (non-hydrogen) atoms. The van der Waals surface area contributed by atoms with E-state index in [9.17, 15) is 9.11 Å². The van der Waals surface area contributed by atoms with Crippen LogP contribution in [0.3, 0.4) is 0 Å². The maximum absolute atomic E-state index is 10.6. The number of pyridine rings is 1.